The Labute approximate surface area is 156 Å². The van der Waals surface area contributed by atoms with Gasteiger partial charge in [-0.25, -0.2) is 0 Å². The van der Waals surface area contributed by atoms with Gasteiger partial charge in [0.15, 0.2) is 0 Å². The summed E-state index contributed by atoms with van der Waals surface area (Å²) < 4.78 is 5.23. The molecular formula is C23H27NO2. The van der Waals surface area contributed by atoms with Crippen molar-refractivity contribution in [3.63, 3.8) is 0 Å². The smallest absolute Gasteiger partial charge is 0.227 e. The molecule has 2 aliphatic carbocycles. The van der Waals surface area contributed by atoms with E-state index >= 15 is 0 Å². The number of ether oxygens (including phenoxy) is 1. The van der Waals surface area contributed by atoms with E-state index in [1.54, 1.807) is 7.11 Å². The van der Waals surface area contributed by atoms with Crippen LogP contribution in [0, 0.1) is 0 Å². The highest BCUT2D eigenvalue weighted by Gasteiger charge is 2.32. The molecule has 136 valence electrons. The second kappa shape index (κ2) is 7.53. The fraction of sp³-hybridized carbons (Fsp3) is 0.435. The van der Waals surface area contributed by atoms with Gasteiger partial charge in [-0.15, -0.1) is 0 Å². The first-order valence-electron chi connectivity index (χ1n) is 9.76. The molecule has 0 N–H and O–H groups in total. The molecule has 0 bridgehead atoms. The zero-order valence-electron chi connectivity index (χ0n) is 15.5. The molecule has 0 unspecified atom stereocenters. The van der Waals surface area contributed by atoms with Gasteiger partial charge in [0.2, 0.25) is 5.91 Å². The number of aryl methyl sites for hydroxylation is 2. The number of hydrogen-bond donors (Lipinski definition) is 0. The van der Waals surface area contributed by atoms with Gasteiger partial charge in [-0.1, -0.05) is 30.3 Å². The molecule has 1 saturated carbocycles. The normalized spacial score (nSPS) is 16.0. The Bertz CT molecular complexity index is 777. The standard InChI is InChI=1S/C23H27NO2/c1-26-22-12-7-17(8-13-22)16-24(21-10-11-21)23(25)15-18-6-9-19-4-2-3-5-20(19)14-18/h6-9,12-14,21H,2-5,10-11,15-16H2,1H3. The van der Waals surface area contributed by atoms with E-state index in [0.29, 0.717) is 19.0 Å². The van der Waals surface area contributed by atoms with Gasteiger partial charge in [0.05, 0.1) is 13.5 Å². The quantitative estimate of drug-likeness (QED) is 0.778. The van der Waals surface area contributed by atoms with Gasteiger partial charge in [0, 0.05) is 12.6 Å². The molecule has 1 amide bonds. The molecule has 1 fully saturated rings. The first kappa shape index (κ1) is 17.1. The molecule has 0 aromatic heterocycles. The number of fused-ring (bicyclic) bond motifs is 1. The van der Waals surface area contributed by atoms with E-state index in [2.05, 4.69) is 35.2 Å². The highest BCUT2D eigenvalue weighted by molar-refractivity contribution is 5.79. The van der Waals surface area contributed by atoms with Crippen LogP contribution < -0.4 is 4.74 Å². The summed E-state index contributed by atoms with van der Waals surface area (Å²) in [6.45, 7) is 0.693. The van der Waals surface area contributed by atoms with Crippen molar-refractivity contribution in [2.75, 3.05) is 7.11 Å². The summed E-state index contributed by atoms with van der Waals surface area (Å²) in [6, 6.07) is 15.1. The van der Waals surface area contributed by atoms with Crippen molar-refractivity contribution in [2.24, 2.45) is 0 Å². The molecule has 26 heavy (non-hydrogen) atoms. The number of benzene rings is 2. The van der Waals surface area contributed by atoms with E-state index in [1.807, 2.05) is 12.1 Å². The molecule has 0 aliphatic heterocycles. The zero-order valence-corrected chi connectivity index (χ0v) is 15.5. The molecule has 2 aromatic rings. The summed E-state index contributed by atoms with van der Waals surface area (Å²) in [7, 11) is 1.67. The Hall–Kier alpha value is -2.29. The molecular weight excluding hydrogens is 322 g/mol. The Morgan fingerprint density at radius 1 is 1.00 bits per heavy atom. The molecule has 2 aromatic carbocycles. The van der Waals surface area contributed by atoms with Gasteiger partial charge >= 0.3 is 0 Å². The van der Waals surface area contributed by atoms with Crippen LogP contribution in [0.25, 0.3) is 0 Å². The lowest BCUT2D eigenvalue weighted by atomic mass is 9.90. The topological polar surface area (TPSA) is 29.5 Å². The lowest BCUT2D eigenvalue weighted by molar-refractivity contribution is -0.131. The van der Waals surface area contributed by atoms with Crippen LogP contribution >= 0.6 is 0 Å². The van der Waals surface area contributed by atoms with E-state index in [-0.39, 0.29) is 5.91 Å². The van der Waals surface area contributed by atoms with Crippen LogP contribution in [-0.2, 0) is 30.6 Å². The van der Waals surface area contributed by atoms with Gasteiger partial charge in [-0.2, -0.15) is 0 Å². The average molecular weight is 349 g/mol. The molecule has 3 nitrogen and oxygen atoms in total. The SMILES string of the molecule is COc1ccc(CN(C(=O)Cc2ccc3c(c2)CCCC3)C2CC2)cc1. The Morgan fingerprint density at radius 3 is 2.38 bits per heavy atom. The number of methoxy groups -OCH3 is 1. The van der Waals surface area contributed by atoms with E-state index in [4.69, 9.17) is 4.74 Å². The molecule has 2 aliphatic rings. The van der Waals surface area contributed by atoms with Crippen molar-refractivity contribution < 1.29 is 9.53 Å². The van der Waals surface area contributed by atoms with Crippen LogP contribution in [0.5, 0.6) is 5.75 Å². The molecule has 0 atom stereocenters. The van der Waals surface area contributed by atoms with Crippen LogP contribution in [0.15, 0.2) is 42.5 Å². The third-order valence-corrected chi connectivity index (χ3v) is 5.59. The van der Waals surface area contributed by atoms with Crippen LogP contribution in [-0.4, -0.2) is 24.0 Å². The maximum Gasteiger partial charge on any atom is 0.227 e. The maximum absolute atomic E-state index is 13.0. The number of nitrogens with zero attached hydrogens (tertiary/aromatic N) is 1. The van der Waals surface area contributed by atoms with Crippen molar-refractivity contribution in [1.82, 2.24) is 4.90 Å². The van der Waals surface area contributed by atoms with E-state index in [0.717, 1.165) is 36.1 Å². The predicted octanol–water partition coefficient (Wildman–Crippen LogP) is 4.31. The summed E-state index contributed by atoms with van der Waals surface area (Å²) >= 11 is 0. The molecule has 0 saturated heterocycles. The van der Waals surface area contributed by atoms with Crippen LogP contribution in [0.1, 0.15) is 47.9 Å². The van der Waals surface area contributed by atoms with Gasteiger partial charge < -0.3 is 9.64 Å². The second-order valence-electron chi connectivity index (χ2n) is 7.59. The van der Waals surface area contributed by atoms with Crippen molar-refractivity contribution in [1.29, 1.82) is 0 Å². The summed E-state index contributed by atoms with van der Waals surface area (Å²) in [6.07, 6.45) is 7.70. The zero-order chi connectivity index (χ0) is 17.9. The van der Waals surface area contributed by atoms with Crippen molar-refractivity contribution in [3.8, 4) is 5.75 Å². The fourth-order valence-electron chi connectivity index (χ4n) is 3.91. The minimum atomic E-state index is 0.249. The van der Waals surface area contributed by atoms with Crippen molar-refractivity contribution >= 4 is 5.91 Å². The lowest BCUT2D eigenvalue weighted by Crippen LogP contribution is -2.33. The minimum absolute atomic E-state index is 0.249. The van der Waals surface area contributed by atoms with E-state index in [9.17, 15) is 4.79 Å². The molecule has 0 spiro atoms. The number of rotatable bonds is 6. The Balaban J connectivity index is 1.45. The molecule has 0 heterocycles. The van der Waals surface area contributed by atoms with Crippen molar-refractivity contribution in [2.45, 2.75) is 57.5 Å². The number of amides is 1. The number of carbonyl (C=O) groups is 1. The van der Waals surface area contributed by atoms with Crippen molar-refractivity contribution in [3.05, 3.63) is 64.7 Å². The first-order valence-corrected chi connectivity index (χ1v) is 9.76. The molecule has 0 radical (unpaired) electrons. The monoisotopic (exact) mass is 349 g/mol. The second-order valence-corrected chi connectivity index (χ2v) is 7.59. The first-order chi connectivity index (χ1) is 12.7. The third-order valence-electron chi connectivity index (χ3n) is 5.59. The highest BCUT2D eigenvalue weighted by atomic mass is 16.5. The maximum atomic E-state index is 13.0. The van der Waals surface area contributed by atoms with Gasteiger partial charge in [-0.05, 0) is 72.9 Å². The Morgan fingerprint density at radius 2 is 1.69 bits per heavy atom. The predicted molar refractivity (Wildman–Crippen MR) is 103 cm³/mol. The Kier molecular flexibility index (Phi) is 4.96. The molecule has 3 heteroatoms. The highest BCUT2D eigenvalue weighted by Crippen LogP contribution is 2.30. The average Bonchev–Trinajstić information content (AvgIpc) is 3.51. The van der Waals surface area contributed by atoms with Crippen LogP contribution in [0.3, 0.4) is 0 Å². The van der Waals surface area contributed by atoms with E-state index in [1.165, 1.54) is 30.4 Å². The van der Waals surface area contributed by atoms with Gasteiger partial charge in [-0.3, -0.25) is 4.79 Å². The summed E-state index contributed by atoms with van der Waals surface area (Å²) in [5.74, 6) is 1.10. The summed E-state index contributed by atoms with van der Waals surface area (Å²) in [5, 5.41) is 0. The number of hydrogen-bond acceptors (Lipinski definition) is 2. The van der Waals surface area contributed by atoms with E-state index < -0.39 is 0 Å². The summed E-state index contributed by atoms with van der Waals surface area (Å²) in [4.78, 5) is 15.1. The number of carbonyl (C=O) groups excluding carboxylic acids is 1. The van der Waals surface area contributed by atoms with Crippen LogP contribution in [0.4, 0.5) is 0 Å². The van der Waals surface area contributed by atoms with Gasteiger partial charge in [0.25, 0.3) is 0 Å². The lowest BCUT2D eigenvalue weighted by Gasteiger charge is -2.23. The largest absolute Gasteiger partial charge is 0.497 e. The van der Waals surface area contributed by atoms with Gasteiger partial charge in [0.1, 0.15) is 5.75 Å². The third kappa shape index (κ3) is 3.92. The molecule has 4 rings (SSSR count). The fourth-order valence-corrected chi connectivity index (χ4v) is 3.91. The summed E-state index contributed by atoms with van der Waals surface area (Å²) in [5.41, 5.74) is 5.26. The van der Waals surface area contributed by atoms with Crippen LogP contribution in [0.2, 0.25) is 0 Å². The minimum Gasteiger partial charge on any atom is -0.497 e.